The summed E-state index contributed by atoms with van der Waals surface area (Å²) in [5.41, 5.74) is 0.211. The van der Waals surface area contributed by atoms with Crippen LogP contribution in [0.15, 0.2) is 30.3 Å². The predicted molar refractivity (Wildman–Crippen MR) is 48.2 cm³/mol. The molecule has 1 unspecified atom stereocenters. The molecule has 1 atom stereocenters. The molecule has 1 aromatic rings. The summed E-state index contributed by atoms with van der Waals surface area (Å²) in [6.45, 7) is 0.412. The first-order valence-electron chi connectivity index (χ1n) is 4.24. The number of carbonyl (C=O) groups is 1. The van der Waals surface area contributed by atoms with Crippen molar-refractivity contribution in [3.8, 4) is 0 Å². The summed E-state index contributed by atoms with van der Waals surface area (Å²) in [7, 11) is 0. The maximum absolute atomic E-state index is 11.3. The van der Waals surface area contributed by atoms with Gasteiger partial charge in [0.15, 0.2) is 0 Å². The van der Waals surface area contributed by atoms with Crippen LogP contribution in [0, 0.1) is 0 Å². The van der Waals surface area contributed by atoms with Gasteiger partial charge < -0.3 is 10.4 Å². The number of carbonyl (C=O) groups excluding carboxylic acids is 1. The highest BCUT2D eigenvalue weighted by atomic mass is 16.3. The van der Waals surface area contributed by atoms with Crippen LogP contribution in [-0.2, 0) is 10.2 Å². The zero-order valence-corrected chi connectivity index (χ0v) is 7.16. The van der Waals surface area contributed by atoms with Crippen LogP contribution in [-0.4, -0.2) is 24.2 Å². The summed E-state index contributed by atoms with van der Waals surface area (Å²) in [5, 5.41) is 11.8. The number of hydrogen-bond acceptors (Lipinski definition) is 2. The minimum atomic E-state index is -0.679. The molecule has 3 nitrogen and oxygen atoms in total. The van der Waals surface area contributed by atoms with Gasteiger partial charge in [-0.2, -0.15) is 0 Å². The molecule has 2 N–H and O–H groups in total. The second-order valence-electron chi connectivity index (χ2n) is 3.29. The van der Waals surface area contributed by atoms with Gasteiger partial charge in [-0.15, -0.1) is 0 Å². The predicted octanol–water partition coefficient (Wildman–Crippen LogP) is 0.0465. The van der Waals surface area contributed by atoms with Crippen molar-refractivity contribution in [2.24, 2.45) is 0 Å². The Hall–Kier alpha value is -1.35. The fourth-order valence-corrected chi connectivity index (χ4v) is 1.58. The molecule has 1 aliphatic rings. The maximum Gasteiger partial charge on any atom is 0.234 e. The van der Waals surface area contributed by atoms with Crippen LogP contribution in [0.2, 0.25) is 0 Å². The SMILES string of the molecule is O=C1NCC1(CO)c1ccccc1. The van der Waals surface area contributed by atoms with Gasteiger partial charge in [-0.25, -0.2) is 0 Å². The lowest BCUT2D eigenvalue weighted by Crippen LogP contribution is -2.64. The Morgan fingerprint density at radius 2 is 2.08 bits per heavy atom. The van der Waals surface area contributed by atoms with Crippen LogP contribution in [0.25, 0.3) is 0 Å². The molecular weight excluding hydrogens is 166 g/mol. The molecule has 1 aliphatic heterocycles. The number of benzene rings is 1. The Bertz CT molecular complexity index is 319. The van der Waals surface area contributed by atoms with Gasteiger partial charge in [-0.1, -0.05) is 30.3 Å². The molecule has 13 heavy (non-hydrogen) atoms. The average Bonchev–Trinajstić information content (AvgIpc) is 2.19. The minimum Gasteiger partial charge on any atom is -0.395 e. The van der Waals surface area contributed by atoms with Crippen LogP contribution < -0.4 is 5.32 Å². The lowest BCUT2D eigenvalue weighted by molar-refractivity contribution is -0.135. The molecule has 1 amide bonds. The van der Waals surface area contributed by atoms with Gasteiger partial charge in [0.2, 0.25) is 5.91 Å². The number of hydrogen-bond donors (Lipinski definition) is 2. The van der Waals surface area contributed by atoms with E-state index in [0.717, 1.165) is 5.56 Å². The Kier molecular flexibility index (Phi) is 1.81. The van der Waals surface area contributed by atoms with Crippen molar-refractivity contribution in [1.29, 1.82) is 0 Å². The highest BCUT2D eigenvalue weighted by Crippen LogP contribution is 2.28. The van der Waals surface area contributed by atoms with Crippen molar-refractivity contribution in [2.45, 2.75) is 5.41 Å². The summed E-state index contributed by atoms with van der Waals surface area (Å²) in [6, 6.07) is 9.38. The number of rotatable bonds is 2. The Balaban J connectivity index is 2.38. The van der Waals surface area contributed by atoms with Crippen LogP contribution in [0.3, 0.4) is 0 Å². The van der Waals surface area contributed by atoms with Gasteiger partial charge in [0, 0.05) is 6.54 Å². The van der Waals surface area contributed by atoms with E-state index in [0.29, 0.717) is 6.54 Å². The monoisotopic (exact) mass is 177 g/mol. The maximum atomic E-state index is 11.3. The molecule has 1 aromatic carbocycles. The molecule has 0 aliphatic carbocycles. The van der Waals surface area contributed by atoms with Crippen molar-refractivity contribution in [3.05, 3.63) is 35.9 Å². The highest BCUT2D eigenvalue weighted by molar-refractivity contribution is 5.94. The third kappa shape index (κ3) is 1.04. The molecule has 0 spiro atoms. The quantitative estimate of drug-likeness (QED) is 0.627. The molecule has 68 valence electrons. The van der Waals surface area contributed by atoms with Crippen molar-refractivity contribution in [1.82, 2.24) is 5.32 Å². The zero-order chi connectivity index (χ0) is 9.31. The normalized spacial score (nSPS) is 26.4. The third-order valence-corrected chi connectivity index (χ3v) is 2.58. The number of β-lactam (4-membered cyclic amide) rings is 1. The number of nitrogens with one attached hydrogen (secondary N) is 1. The van der Waals surface area contributed by atoms with Crippen molar-refractivity contribution in [2.75, 3.05) is 13.2 Å². The fourth-order valence-electron chi connectivity index (χ4n) is 1.58. The molecule has 0 saturated carbocycles. The average molecular weight is 177 g/mol. The van der Waals surface area contributed by atoms with Crippen molar-refractivity contribution < 1.29 is 9.90 Å². The third-order valence-electron chi connectivity index (χ3n) is 2.58. The molecule has 0 radical (unpaired) electrons. The molecule has 0 bridgehead atoms. The van der Waals surface area contributed by atoms with Gasteiger partial charge in [-0.3, -0.25) is 4.79 Å². The van der Waals surface area contributed by atoms with Gasteiger partial charge >= 0.3 is 0 Å². The largest absolute Gasteiger partial charge is 0.395 e. The fraction of sp³-hybridized carbons (Fsp3) is 0.300. The lowest BCUT2D eigenvalue weighted by Gasteiger charge is -2.39. The van der Waals surface area contributed by atoms with Crippen molar-refractivity contribution >= 4 is 5.91 Å². The molecule has 2 rings (SSSR count). The van der Waals surface area contributed by atoms with E-state index in [2.05, 4.69) is 5.32 Å². The first-order valence-corrected chi connectivity index (χ1v) is 4.24. The molecule has 1 heterocycles. The molecule has 1 fully saturated rings. The smallest absolute Gasteiger partial charge is 0.234 e. The van der Waals surface area contributed by atoms with E-state index in [1.54, 1.807) is 0 Å². The lowest BCUT2D eigenvalue weighted by atomic mass is 9.75. The highest BCUT2D eigenvalue weighted by Gasteiger charge is 2.47. The number of amides is 1. The Morgan fingerprint density at radius 3 is 2.46 bits per heavy atom. The Morgan fingerprint density at radius 1 is 1.38 bits per heavy atom. The number of aliphatic hydroxyl groups is 1. The Labute approximate surface area is 76.4 Å². The van der Waals surface area contributed by atoms with Crippen molar-refractivity contribution in [3.63, 3.8) is 0 Å². The second-order valence-corrected chi connectivity index (χ2v) is 3.29. The molecule has 3 heteroatoms. The van der Waals surface area contributed by atoms with E-state index < -0.39 is 5.41 Å². The van der Waals surface area contributed by atoms with Crippen LogP contribution in [0.5, 0.6) is 0 Å². The molecule has 0 aromatic heterocycles. The zero-order valence-electron chi connectivity index (χ0n) is 7.16. The summed E-state index contributed by atoms with van der Waals surface area (Å²) in [6.07, 6.45) is 0. The first-order chi connectivity index (χ1) is 6.29. The molecular formula is C10H11NO2. The van der Waals surface area contributed by atoms with E-state index in [1.165, 1.54) is 0 Å². The van der Waals surface area contributed by atoms with E-state index >= 15 is 0 Å². The van der Waals surface area contributed by atoms with Gasteiger partial charge in [-0.05, 0) is 5.56 Å². The van der Waals surface area contributed by atoms with E-state index in [-0.39, 0.29) is 12.5 Å². The summed E-state index contributed by atoms with van der Waals surface area (Å²) >= 11 is 0. The van der Waals surface area contributed by atoms with Gasteiger partial charge in [0.25, 0.3) is 0 Å². The second kappa shape index (κ2) is 2.85. The molecule has 1 saturated heterocycles. The topological polar surface area (TPSA) is 49.3 Å². The summed E-state index contributed by atoms with van der Waals surface area (Å²) in [4.78, 5) is 11.3. The van der Waals surface area contributed by atoms with Gasteiger partial charge in [0.05, 0.1) is 6.61 Å². The minimum absolute atomic E-state index is 0.0822. The summed E-state index contributed by atoms with van der Waals surface area (Å²) < 4.78 is 0. The van der Waals surface area contributed by atoms with Crippen LogP contribution in [0.4, 0.5) is 0 Å². The van der Waals surface area contributed by atoms with Crippen LogP contribution in [0.1, 0.15) is 5.56 Å². The van der Waals surface area contributed by atoms with E-state index in [9.17, 15) is 9.90 Å². The van der Waals surface area contributed by atoms with E-state index in [1.807, 2.05) is 30.3 Å². The first kappa shape index (κ1) is 8.26. The summed E-state index contributed by atoms with van der Waals surface area (Å²) in [5.74, 6) is -0.0822. The van der Waals surface area contributed by atoms with Gasteiger partial charge in [0.1, 0.15) is 5.41 Å². The number of aliphatic hydroxyl groups excluding tert-OH is 1. The van der Waals surface area contributed by atoms with E-state index in [4.69, 9.17) is 0 Å². The standard InChI is InChI=1S/C10H11NO2/c12-7-10(6-11-9(10)13)8-4-2-1-3-5-8/h1-5,12H,6-7H2,(H,11,13). The van der Waals surface area contributed by atoms with Crippen LogP contribution >= 0.6 is 0 Å².